The molecule has 1 aromatic carbocycles. The summed E-state index contributed by atoms with van der Waals surface area (Å²) in [5, 5.41) is 4.33. The molecule has 2 fully saturated rings. The van der Waals surface area contributed by atoms with Crippen LogP contribution < -0.4 is 5.32 Å². The lowest BCUT2D eigenvalue weighted by molar-refractivity contribution is -0.0188. The maximum absolute atomic E-state index is 11.7. The summed E-state index contributed by atoms with van der Waals surface area (Å²) in [4.78, 5) is 17.6. The molecule has 3 heterocycles. The molecule has 1 amide bonds. The van der Waals surface area contributed by atoms with Gasteiger partial charge in [-0.1, -0.05) is 6.92 Å². The summed E-state index contributed by atoms with van der Waals surface area (Å²) in [5.74, 6) is 0. The second kappa shape index (κ2) is 6.62. The number of nitrogens with one attached hydrogen (secondary N) is 2. The van der Waals surface area contributed by atoms with Crippen LogP contribution in [0.2, 0.25) is 0 Å². The van der Waals surface area contributed by atoms with E-state index in [0.29, 0.717) is 0 Å². The number of nitrogens with zero attached hydrogens (tertiary/aromatic N) is 1. The number of alkyl carbamates (subject to hydrolysis) is 1. The van der Waals surface area contributed by atoms with Gasteiger partial charge in [0.25, 0.3) is 0 Å². The number of ether oxygens (including phenoxy) is 1. The zero-order valence-corrected chi connectivity index (χ0v) is 16.0. The van der Waals surface area contributed by atoms with Crippen LogP contribution in [0.5, 0.6) is 0 Å². The van der Waals surface area contributed by atoms with Crippen molar-refractivity contribution in [3.05, 3.63) is 35.0 Å². The lowest BCUT2D eigenvalue weighted by atomic mass is 9.83. The highest BCUT2D eigenvalue weighted by atomic mass is 16.6. The second-order valence-corrected chi connectivity index (χ2v) is 7.95. The predicted molar refractivity (Wildman–Crippen MR) is 104 cm³/mol. The fourth-order valence-corrected chi connectivity index (χ4v) is 4.57. The fraction of sp³-hybridized carbons (Fsp3) is 0.571. The Morgan fingerprint density at radius 3 is 2.69 bits per heavy atom. The van der Waals surface area contributed by atoms with Crippen LogP contribution in [0.25, 0.3) is 10.9 Å². The molecule has 0 saturated carbocycles. The first-order chi connectivity index (χ1) is 12.5. The Labute approximate surface area is 155 Å². The number of carbonyl (C=O) groups excluding carboxylic acids is 1. The van der Waals surface area contributed by atoms with Crippen molar-refractivity contribution in [2.45, 2.75) is 58.1 Å². The van der Waals surface area contributed by atoms with Gasteiger partial charge in [0.1, 0.15) is 5.60 Å². The van der Waals surface area contributed by atoms with Crippen molar-refractivity contribution in [2.24, 2.45) is 0 Å². The first kappa shape index (κ1) is 17.4. The summed E-state index contributed by atoms with van der Waals surface area (Å²) in [6.45, 7) is 9.49. The number of hydrogen-bond donors (Lipinski definition) is 2. The average molecular weight is 355 g/mol. The molecule has 2 aliphatic heterocycles. The molecule has 2 N–H and O–H groups in total. The molecule has 0 radical (unpaired) electrons. The minimum Gasteiger partial charge on any atom is -0.441 e. The van der Waals surface area contributed by atoms with E-state index in [1.807, 2.05) is 0 Å². The van der Waals surface area contributed by atoms with E-state index in [-0.39, 0.29) is 17.7 Å². The first-order valence-electron chi connectivity index (χ1n) is 9.80. The van der Waals surface area contributed by atoms with Gasteiger partial charge >= 0.3 is 6.09 Å². The maximum Gasteiger partial charge on any atom is 0.408 e. The summed E-state index contributed by atoms with van der Waals surface area (Å²) in [6.07, 6.45) is 5.75. The van der Waals surface area contributed by atoms with Crippen LogP contribution in [0.15, 0.2) is 18.3 Å². The summed E-state index contributed by atoms with van der Waals surface area (Å²) in [5.41, 5.74) is 5.02. The molecule has 0 aliphatic carbocycles. The van der Waals surface area contributed by atoms with E-state index < -0.39 is 0 Å². The number of fused-ring (bicyclic) bond motifs is 1. The fourth-order valence-electron chi connectivity index (χ4n) is 4.57. The third-order valence-electron chi connectivity index (χ3n) is 6.41. The van der Waals surface area contributed by atoms with Crippen LogP contribution in [0.1, 0.15) is 42.9 Å². The molecule has 2 aromatic rings. The van der Waals surface area contributed by atoms with E-state index in [1.54, 1.807) is 0 Å². The molecule has 1 unspecified atom stereocenters. The van der Waals surface area contributed by atoms with Gasteiger partial charge in [0, 0.05) is 49.6 Å². The lowest BCUT2D eigenvalue weighted by Crippen LogP contribution is -2.51. The molecular formula is C21H29N3O2. The average Bonchev–Trinajstić information content (AvgIpc) is 3.15. The Hall–Kier alpha value is -2.01. The Morgan fingerprint density at radius 2 is 1.96 bits per heavy atom. The molecule has 4 rings (SSSR count). The van der Waals surface area contributed by atoms with Gasteiger partial charge < -0.3 is 19.9 Å². The Morgan fingerprint density at radius 1 is 1.23 bits per heavy atom. The van der Waals surface area contributed by atoms with E-state index in [2.05, 4.69) is 54.3 Å². The normalized spacial score (nSPS) is 22.7. The van der Waals surface area contributed by atoms with Crippen molar-refractivity contribution >= 4 is 17.0 Å². The lowest BCUT2D eigenvalue weighted by Gasteiger charge is -2.40. The molecule has 5 heteroatoms. The molecule has 140 valence electrons. The number of piperidine rings is 1. The van der Waals surface area contributed by atoms with Crippen LogP contribution in [0.4, 0.5) is 4.79 Å². The third-order valence-corrected chi connectivity index (χ3v) is 6.41. The Bertz CT molecular complexity index is 818. The summed E-state index contributed by atoms with van der Waals surface area (Å²) in [7, 11) is 0. The van der Waals surface area contributed by atoms with E-state index in [4.69, 9.17) is 4.74 Å². The molecule has 2 saturated heterocycles. The molecule has 2 aliphatic rings. The standard InChI is InChI=1S/C21H29N3O2/c1-4-19-21(26-20(25)23-19)6-9-24(10-7-21)8-5-16-13-22-18-12-15(3)14(2)11-17(16)18/h11-13,19,22H,4-10H2,1-3H3,(H,23,25). The zero-order valence-electron chi connectivity index (χ0n) is 16.0. The number of aromatic amines is 1. The van der Waals surface area contributed by atoms with Gasteiger partial charge in [-0.3, -0.25) is 0 Å². The van der Waals surface area contributed by atoms with Crippen LogP contribution >= 0.6 is 0 Å². The first-order valence-corrected chi connectivity index (χ1v) is 9.80. The molecular weight excluding hydrogens is 326 g/mol. The molecule has 26 heavy (non-hydrogen) atoms. The van der Waals surface area contributed by atoms with Gasteiger partial charge in [0.2, 0.25) is 0 Å². The van der Waals surface area contributed by atoms with Crippen molar-refractivity contribution in [3.8, 4) is 0 Å². The Kier molecular flexibility index (Phi) is 4.43. The number of amides is 1. The number of rotatable bonds is 4. The van der Waals surface area contributed by atoms with E-state index in [1.165, 1.54) is 27.6 Å². The molecule has 1 spiro atoms. The van der Waals surface area contributed by atoms with Crippen LogP contribution in [-0.4, -0.2) is 47.3 Å². The topological polar surface area (TPSA) is 57.4 Å². The smallest absolute Gasteiger partial charge is 0.408 e. The molecule has 0 bridgehead atoms. The second-order valence-electron chi connectivity index (χ2n) is 7.95. The highest BCUT2D eigenvalue weighted by Gasteiger charge is 2.49. The predicted octanol–water partition coefficient (Wildman–Crippen LogP) is 3.68. The molecule has 5 nitrogen and oxygen atoms in total. The van der Waals surface area contributed by atoms with Gasteiger partial charge in [-0.25, -0.2) is 4.79 Å². The number of carbonyl (C=O) groups is 1. The highest BCUT2D eigenvalue weighted by molar-refractivity contribution is 5.84. The van der Waals surface area contributed by atoms with E-state index in [9.17, 15) is 4.79 Å². The van der Waals surface area contributed by atoms with Crippen LogP contribution in [0.3, 0.4) is 0 Å². The number of hydrogen-bond acceptors (Lipinski definition) is 3. The molecule has 1 aromatic heterocycles. The number of likely N-dealkylation sites (tertiary alicyclic amines) is 1. The number of H-pyrrole nitrogens is 1. The van der Waals surface area contributed by atoms with Crippen molar-refractivity contribution in [3.63, 3.8) is 0 Å². The van der Waals surface area contributed by atoms with Crippen molar-refractivity contribution in [1.29, 1.82) is 0 Å². The zero-order chi connectivity index (χ0) is 18.3. The van der Waals surface area contributed by atoms with Crippen LogP contribution in [-0.2, 0) is 11.2 Å². The van der Waals surface area contributed by atoms with Gasteiger partial charge in [-0.15, -0.1) is 0 Å². The minimum atomic E-state index is -0.280. The molecule has 1 atom stereocenters. The number of aryl methyl sites for hydroxylation is 2. The van der Waals surface area contributed by atoms with Crippen LogP contribution in [0, 0.1) is 13.8 Å². The third kappa shape index (κ3) is 2.98. The van der Waals surface area contributed by atoms with Crippen molar-refractivity contribution < 1.29 is 9.53 Å². The summed E-state index contributed by atoms with van der Waals surface area (Å²) in [6, 6.07) is 4.71. The van der Waals surface area contributed by atoms with Gasteiger partial charge in [-0.05, 0) is 55.5 Å². The van der Waals surface area contributed by atoms with E-state index in [0.717, 1.165) is 45.3 Å². The van der Waals surface area contributed by atoms with E-state index >= 15 is 0 Å². The van der Waals surface area contributed by atoms with Gasteiger partial charge in [0.15, 0.2) is 0 Å². The van der Waals surface area contributed by atoms with Crippen molar-refractivity contribution in [1.82, 2.24) is 15.2 Å². The Balaban J connectivity index is 1.38. The quantitative estimate of drug-likeness (QED) is 0.880. The SMILES string of the molecule is CCC1NC(=O)OC12CCN(CCc1c[nH]c3cc(C)c(C)cc13)CC2. The maximum atomic E-state index is 11.7. The van der Waals surface area contributed by atoms with Gasteiger partial charge in [0.05, 0.1) is 6.04 Å². The minimum absolute atomic E-state index is 0.164. The largest absolute Gasteiger partial charge is 0.441 e. The van der Waals surface area contributed by atoms with Gasteiger partial charge in [-0.2, -0.15) is 0 Å². The highest BCUT2D eigenvalue weighted by Crippen LogP contribution is 2.35. The number of benzene rings is 1. The summed E-state index contributed by atoms with van der Waals surface area (Å²) < 4.78 is 5.69. The van der Waals surface area contributed by atoms with Crippen molar-refractivity contribution in [2.75, 3.05) is 19.6 Å². The number of aromatic nitrogens is 1. The summed E-state index contributed by atoms with van der Waals surface area (Å²) >= 11 is 0. The monoisotopic (exact) mass is 355 g/mol.